The van der Waals surface area contributed by atoms with Crippen molar-refractivity contribution in [1.82, 2.24) is 0 Å². The van der Waals surface area contributed by atoms with Crippen molar-refractivity contribution in [2.75, 3.05) is 13.7 Å². The van der Waals surface area contributed by atoms with Gasteiger partial charge in [-0.3, -0.25) is 4.79 Å². The number of ether oxygens (including phenoxy) is 2. The maximum atomic E-state index is 11.6. The second kappa shape index (κ2) is 6.40. The minimum atomic E-state index is -0.839. The van der Waals surface area contributed by atoms with E-state index in [1.807, 2.05) is 0 Å². The molecule has 1 aromatic carbocycles. The summed E-state index contributed by atoms with van der Waals surface area (Å²) < 4.78 is 10.0. The fourth-order valence-corrected chi connectivity index (χ4v) is 1.66. The predicted octanol–water partition coefficient (Wildman–Crippen LogP) is 2.74. The summed E-state index contributed by atoms with van der Waals surface area (Å²) in [5.74, 6) is -0.192. The Balaban J connectivity index is 3.17. The molecule has 0 radical (unpaired) electrons. The third-order valence-electron chi connectivity index (χ3n) is 2.37. The molecule has 18 heavy (non-hydrogen) atoms. The SMILES string of the molecule is CCOC(=O)c1ccc(OC)c(C(Cl)C(C)=O)c1. The molecule has 1 aromatic rings. The van der Waals surface area contributed by atoms with Crippen LogP contribution < -0.4 is 4.74 Å². The van der Waals surface area contributed by atoms with Crippen LogP contribution in [-0.4, -0.2) is 25.5 Å². The number of esters is 1. The van der Waals surface area contributed by atoms with E-state index in [0.29, 0.717) is 16.9 Å². The summed E-state index contributed by atoms with van der Waals surface area (Å²) in [6.07, 6.45) is 0. The van der Waals surface area contributed by atoms with Crippen LogP contribution in [0.5, 0.6) is 5.75 Å². The van der Waals surface area contributed by atoms with E-state index >= 15 is 0 Å². The number of hydrogen-bond donors (Lipinski definition) is 0. The molecule has 1 rings (SSSR count). The van der Waals surface area contributed by atoms with Gasteiger partial charge in [-0.15, -0.1) is 11.6 Å². The van der Waals surface area contributed by atoms with Crippen LogP contribution >= 0.6 is 11.6 Å². The van der Waals surface area contributed by atoms with E-state index in [2.05, 4.69) is 0 Å². The molecular weight excluding hydrogens is 256 g/mol. The van der Waals surface area contributed by atoms with E-state index in [0.717, 1.165) is 0 Å². The highest BCUT2D eigenvalue weighted by atomic mass is 35.5. The van der Waals surface area contributed by atoms with Gasteiger partial charge in [0.1, 0.15) is 11.1 Å². The van der Waals surface area contributed by atoms with E-state index in [9.17, 15) is 9.59 Å². The fourth-order valence-electron chi connectivity index (χ4n) is 1.49. The van der Waals surface area contributed by atoms with Crippen LogP contribution in [0.3, 0.4) is 0 Å². The molecule has 0 aliphatic heterocycles. The minimum absolute atomic E-state index is 0.212. The average molecular weight is 271 g/mol. The molecule has 0 fully saturated rings. The smallest absolute Gasteiger partial charge is 0.338 e. The first-order valence-electron chi connectivity index (χ1n) is 5.50. The van der Waals surface area contributed by atoms with Crippen molar-refractivity contribution in [3.63, 3.8) is 0 Å². The van der Waals surface area contributed by atoms with E-state index in [-0.39, 0.29) is 12.4 Å². The maximum Gasteiger partial charge on any atom is 0.338 e. The number of benzene rings is 1. The first-order valence-corrected chi connectivity index (χ1v) is 5.94. The van der Waals surface area contributed by atoms with Crippen LogP contribution in [0.25, 0.3) is 0 Å². The van der Waals surface area contributed by atoms with Crippen LogP contribution in [0.1, 0.15) is 35.1 Å². The molecule has 0 aliphatic carbocycles. The van der Waals surface area contributed by atoms with Crippen molar-refractivity contribution in [3.8, 4) is 5.75 Å². The molecule has 4 nitrogen and oxygen atoms in total. The lowest BCUT2D eigenvalue weighted by atomic mass is 10.0. The summed E-state index contributed by atoms with van der Waals surface area (Å²) in [5, 5.41) is -0.839. The number of Topliss-reactive ketones (excluding diaryl/α,β-unsaturated/α-hetero) is 1. The third kappa shape index (κ3) is 3.23. The standard InChI is InChI=1S/C13H15ClO4/c1-4-18-13(16)9-5-6-11(17-3)10(7-9)12(14)8(2)15/h5-7,12H,4H2,1-3H3. The molecule has 0 bridgehead atoms. The Morgan fingerprint density at radius 3 is 2.56 bits per heavy atom. The van der Waals surface area contributed by atoms with Crippen LogP contribution in [-0.2, 0) is 9.53 Å². The lowest BCUT2D eigenvalue weighted by molar-refractivity contribution is -0.116. The summed E-state index contributed by atoms with van der Waals surface area (Å²) in [6.45, 7) is 3.40. The zero-order valence-corrected chi connectivity index (χ0v) is 11.3. The predicted molar refractivity (Wildman–Crippen MR) is 68.2 cm³/mol. The Morgan fingerprint density at radius 1 is 1.39 bits per heavy atom. The van der Waals surface area contributed by atoms with E-state index in [1.165, 1.54) is 20.1 Å². The molecule has 98 valence electrons. The van der Waals surface area contributed by atoms with Gasteiger partial charge in [-0.1, -0.05) is 0 Å². The number of hydrogen-bond acceptors (Lipinski definition) is 4. The first kappa shape index (κ1) is 14.5. The Labute approximate surface area is 111 Å². The summed E-state index contributed by atoms with van der Waals surface area (Å²) >= 11 is 6.00. The number of alkyl halides is 1. The Kier molecular flexibility index (Phi) is 5.16. The van der Waals surface area contributed by atoms with Crippen LogP contribution in [0.15, 0.2) is 18.2 Å². The van der Waals surface area contributed by atoms with Crippen molar-refractivity contribution in [3.05, 3.63) is 29.3 Å². The van der Waals surface area contributed by atoms with Crippen molar-refractivity contribution >= 4 is 23.4 Å². The minimum Gasteiger partial charge on any atom is -0.496 e. The molecule has 0 saturated heterocycles. The van der Waals surface area contributed by atoms with E-state index < -0.39 is 11.3 Å². The fraction of sp³-hybridized carbons (Fsp3) is 0.385. The zero-order valence-electron chi connectivity index (χ0n) is 10.5. The summed E-state index contributed by atoms with van der Waals surface area (Å²) in [4.78, 5) is 22.9. The summed E-state index contributed by atoms with van der Waals surface area (Å²) in [6, 6.07) is 4.69. The van der Waals surface area contributed by atoms with Crippen molar-refractivity contribution in [2.24, 2.45) is 0 Å². The highest BCUT2D eigenvalue weighted by molar-refractivity contribution is 6.31. The van der Waals surface area contributed by atoms with Gasteiger partial charge in [0.15, 0.2) is 5.78 Å². The molecule has 5 heteroatoms. The third-order valence-corrected chi connectivity index (χ3v) is 2.91. The summed E-state index contributed by atoms with van der Waals surface area (Å²) in [7, 11) is 1.48. The van der Waals surface area contributed by atoms with E-state index in [4.69, 9.17) is 21.1 Å². The highest BCUT2D eigenvalue weighted by Gasteiger charge is 2.20. The van der Waals surface area contributed by atoms with Crippen LogP contribution in [0.4, 0.5) is 0 Å². The number of halogens is 1. The number of ketones is 1. The second-order valence-electron chi connectivity index (χ2n) is 3.65. The van der Waals surface area contributed by atoms with E-state index in [1.54, 1.807) is 19.1 Å². The largest absolute Gasteiger partial charge is 0.496 e. The van der Waals surface area contributed by atoms with Crippen molar-refractivity contribution < 1.29 is 19.1 Å². The second-order valence-corrected chi connectivity index (χ2v) is 4.09. The molecule has 0 aliphatic rings. The Bertz CT molecular complexity index is 456. The molecule has 0 N–H and O–H groups in total. The average Bonchev–Trinajstić information content (AvgIpc) is 2.37. The molecule has 1 atom stereocenters. The maximum absolute atomic E-state index is 11.6. The lowest BCUT2D eigenvalue weighted by Gasteiger charge is -2.13. The quantitative estimate of drug-likeness (QED) is 0.610. The van der Waals surface area contributed by atoms with Gasteiger partial charge in [-0.2, -0.15) is 0 Å². The number of rotatable bonds is 5. The molecule has 1 unspecified atom stereocenters. The molecule has 0 saturated carbocycles. The number of methoxy groups -OCH3 is 1. The van der Waals surface area contributed by atoms with Gasteiger partial charge in [0.05, 0.1) is 19.3 Å². The van der Waals surface area contributed by atoms with Gasteiger partial charge >= 0.3 is 5.97 Å². The lowest BCUT2D eigenvalue weighted by Crippen LogP contribution is -2.08. The highest BCUT2D eigenvalue weighted by Crippen LogP contribution is 2.31. The normalized spacial score (nSPS) is 11.8. The van der Waals surface area contributed by atoms with Crippen molar-refractivity contribution in [1.29, 1.82) is 0 Å². The summed E-state index contributed by atoms with van der Waals surface area (Å²) in [5.41, 5.74) is 0.816. The number of carbonyl (C=O) groups is 2. The Hall–Kier alpha value is -1.55. The number of carbonyl (C=O) groups excluding carboxylic acids is 2. The topological polar surface area (TPSA) is 52.6 Å². The first-order chi connectivity index (χ1) is 8.51. The van der Waals surface area contributed by atoms with Gasteiger partial charge in [-0.05, 0) is 32.0 Å². The molecule has 0 aromatic heterocycles. The van der Waals surface area contributed by atoms with Gasteiger partial charge in [0.2, 0.25) is 0 Å². The van der Waals surface area contributed by atoms with Gasteiger partial charge in [0.25, 0.3) is 0 Å². The van der Waals surface area contributed by atoms with Crippen LogP contribution in [0, 0.1) is 0 Å². The molecule has 0 heterocycles. The van der Waals surface area contributed by atoms with Gasteiger partial charge < -0.3 is 9.47 Å². The Morgan fingerprint density at radius 2 is 2.06 bits per heavy atom. The van der Waals surface area contributed by atoms with Gasteiger partial charge in [0, 0.05) is 5.56 Å². The molecular formula is C13H15ClO4. The monoisotopic (exact) mass is 270 g/mol. The van der Waals surface area contributed by atoms with Gasteiger partial charge in [-0.25, -0.2) is 4.79 Å². The zero-order chi connectivity index (χ0) is 13.7. The van der Waals surface area contributed by atoms with Crippen molar-refractivity contribution in [2.45, 2.75) is 19.2 Å². The molecule has 0 amide bonds. The van der Waals surface area contributed by atoms with Crippen LogP contribution in [0.2, 0.25) is 0 Å². The molecule has 0 spiro atoms.